The number of benzene rings is 1. The van der Waals surface area contributed by atoms with Gasteiger partial charge in [0.2, 0.25) is 15.8 Å². The van der Waals surface area contributed by atoms with Crippen molar-refractivity contribution in [3.8, 4) is 11.5 Å². The number of nitrogens with zero attached hydrogens (tertiary/aromatic N) is 1. The molecule has 2 rings (SSSR count). The number of aldehydes is 1. The second kappa shape index (κ2) is 10.6. The third-order valence-electron chi connectivity index (χ3n) is 4.97. The molecule has 0 aromatic heterocycles. The Kier molecular flexibility index (Phi) is 8.64. The molecule has 0 aliphatic carbocycles. The highest BCUT2D eigenvalue weighted by Crippen LogP contribution is 2.38. The second-order valence-electron chi connectivity index (χ2n) is 8.74. The lowest BCUT2D eigenvalue weighted by Gasteiger charge is -2.28. The summed E-state index contributed by atoms with van der Waals surface area (Å²) < 4.78 is 59.3. The van der Waals surface area contributed by atoms with Crippen molar-refractivity contribution in [2.24, 2.45) is 0 Å². The van der Waals surface area contributed by atoms with E-state index < -0.39 is 45.3 Å². The van der Waals surface area contributed by atoms with Gasteiger partial charge in [0, 0.05) is 13.0 Å². The van der Waals surface area contributed by atoms with E-state index in [9.17, 15) is 18.0 Å². The van der Waals surface area contributed by atoms with Gasteiger partial charge in [0.15, 0.2) is 11.5 Å². The van der Waals surface area contributed by atoms with Crippen LogP contribution in [0.5, 0.6) is 11.5 Å². The van der Waals surface area contributed by atoms with Gasteiger partial charge in [-0.1, -0.05) is 0 Å². The van der Waals surface area contributed by atoms with Crippen molar-refractivity contribution in [1.29, 1.82) is 0 Å². The standard InChI is InChI=1S/C22H32FNO7S/c1-15(9-6-7-14-25)30-20-18(12-11-17(29-5)19(20)23)32(27,28)24-13-8-10-16(24)21(26)31-22(2,3)4/h11-12,14-16H,6-10,13H2,1-5H3/t15-,16+/m1/s1. The first-order chi connectivity index (χ1) is 14.9. The van der Waals surface area contributed by atoms with E-state index in [2.05, 4.69) is 0 Å². The van der Waals surface area contributed by atoms with Crippen molar-refractivity contribution >= 4 is 22.3 Å². The lowest BCUT2D eigenvalue weighted by Crippen LogP contribution is -2.43. The molecule has 1 aliphatic heterocycles. The number of carbonyl (C=O) groups excluding carboxylic acids is 2. The number of hydrogen-bond acceptors (Lipinski definition) is 7. The van der Waals surface area contributed by atoms with Crippen molar-refractivity contribution in [1.82, 2.24) is 4.31 Å². The summed E-state index contributed by atoms with van der Waals surface area (Å²) >= 11 is 0. The number of methoxy groups -OCH3 is 1. The summed E-state index contributed by atoms with van der Waals surface area (Å²) in [4.78, 5) is 22.8. The average molecular weight is 474 g/mol. The molecule has 1 saturated heterocycles. The number of unbranched alkanes of at least 4 members (excludes halogenated alkanes) is 1. The molecule has 32 heavy (non-hydrogen) atoms. The fourth-order valence-electron chi connectivity index (χ4n) is 3.50. The molecule has 0 radical (unpaired) electrons. The molecule has 0 bridgehead atoms. The Morgan fingerprint density at radius 2 is 2.03 bits per heavy atom. The lowest BCUT2D eigenvalue weighted by molar-refractivity contribution is -0.158. The Morgan fingerprint density at radius 1 is 1.34 bits per heavy atom. The third kappa shape index (κ3) is 6.19. The van der Waals surface area contributed by atoms with E-state index in [1.807, 2.05) is 0 Å². The molecule has 0 N–H and O–H groups in total. The van der Waals surface area contributed by atoms with Crippen molar-refractivity contribution < 1.29 is 36.6 Å². The van der Waals surface area contributed by atoms with Crippen LogP contribution in [0.4, 0.5) is 4.39 Å². The zero-order valence-electron chi connectivity index (χ0n) is 19.2. The van der Waals surface area contributed by atoms with Crippen molar-refractivity contribution in [2.75, 3.05) is 13.7 Å². The molecular formula is C22H32FNO7S. The predicted octanol–water partition coefficient (Wildman–Crippen LogP) is 3.47. The van der Waals surface area contributed by atoms with Crippen molar-refractivity contribution in [3.05, 3.63) is 17.9 Å². The maximum atomic E-state index is 15.1. The summed E-state index contributed by atoms with van der Waals surface area (Å²) in [6.07, 6.45) is 2.28. The number of sulfonamides is 1. The van der Waals surface area contributed by atoms with E-state index in [1.165, 1.54) is 19.2 Å². The number of halogens is 1. The Labute approximate surface area is 189 Å². The average Bonchev–Trinajstić information content (AvgIpc) is 3.19. The summed E-state index contributed by atoms with van der Waals surface area (Å²) in [5, 5.41) is 0. The van der Waals surface area contributed by atoms with Gasteiger partial charge in [-0.25, -0.2) is 8.42 Å². The highest BCUT2D eigenvalue weighted by molar-refractivity contribution is 7.89. The molecule has 10 heteroatoms. The van der Waals surface area contributed by atoms with Gasteiger partial charge in [0.25, 0.3) is 0 Å². The minimum absolute atomic E-state index is 0.105. The van der Waals surface area contributed by atoms with Crippen molar-refractivity contribution in [3.63, 3.8) is 0 Å². The molecule has 1 fully saturated rings. The van der Waals surface area contributed by atoms with Gasteiger partial charge < -0.3 is 19.0 Å². The molecule has 0 saturated carbocycles. The first kappa shape index (κ1) is 26.1. The molecule has 1 aliphatic rings. The summed E-state index contributed by atoms with van der Waals surface area (Å²) in [6.45, 7) is 6.88. The van der Waals surface area contributed by atoms with Crippen molar-refractivity contribution in [2.45, 2.75) is 82.4 Å². The van der Waals surface area contributed by atoms with Crippen LogP contribution in [0.1, 0.15) is 59.8 Å². The highest BCUT2D eigenvalue weighted by Gasteiger charge is 2.43. The Hall–Kier alpha value is -2.20. The summed E-state index contributed by atoms with van der Waals surface area (Å²) in [5.74, 6) is -2.21. The normalized spacial score (nSPS) is 18.2. The van der Waals surface area contributed by atoms with E-state index in [0.29, 0.717) is 32.1 Å². The molecule has 0 unspecified atom stereocenters. The molecule has 0 spiro atoms. The van der Waals surface area contributed by atoms with Gasteiger partial charge in [-0.15, -0.1) is 0 Å². The van der Waals surface area contributed by atoms with Crippen LogP contribution in [0.2, 0.25) is 0 Å². The number of rotatable bonds is 10. The fourth-order valence-corrected chi connectivity index (χ4v) is 5.26. The summed E-state index contributed by atoms with van der Waals surface area (Å²) in [6, 6.07) is 1.43. The van der Waals surface area contributed by atoms with Gasteiger partial charge in [-0.05, 0) is 65.5 Å². The summed E-state index contributed by atoms with van der Waals surface area (Å²) in [5.41, 5.74) is -0.771. The van der Waals surface area contributed by atoms with Crippen LogP contribution in [0.15, 0.2) is 17.0 Å². The van der Waals surface area contributed by atoms with E-state index >= 15 is 4.39 Å². The highest BCUT2D eigenvalue weighted by atomic mass is 32.2. The van der Waals surface area contributed by atoms with Crippen LogP contribution >= 0.6 is 0 Å². The zero-order valence-corrected chi connectivity index (χ0v) is 20.0. The molecule has 1 aromatic carbocycles. The monoisotopic (exact) mass is 473 g/mol. The smallest absolute Gasteiger partial charge is 0.324 e. The van der Waals surface area contributed by atoms with Crippen LogP contribution in [0.3, 0.4) is 0 Å². The first-order valence-corrected chi connectivity index (χ1v) is 12.1. The quantitative estimate of drug-likeness (QED) is 0.291. The van der Waals surface area contributed by atoms with Gasteiger partial charge in [0.1, 0.15) is 22.8 Å². The minimum atomic E-state index is -4.28. The first-order valence-electron chi connectivity index (χ1n) is 10.6. The Bertz CT molecular complexity index is 927. The van der Waals surface area contributed by atoms with E-state index in [4.69, 9.17) is 14.2 Å². The topological polar surface area (TPSA) is 99.2 Å². The van der Waals surface area contributed by atoms with Crippen LogP contribution in [0, 0.1) is 5.82 Å². The van der Waals surface area contributed by atoms with Gasteiger partial charge in [0.05, 0.1) is 13.2 Å². The number of hydrogen-bond donors (Lipinski definition) is 0. The second-order valence-corrected chi connectivity index (χ2v) is 10.6. The predicted molar refractivity (Wildman–Crippen MR) is 116 cm³/mol. The molecular weight excluding hydrogens is 441 g/mol. The van der Waals surface area contributed by atoms with Crippen LogP contribution in [-0.2, 0) is 24.3 Å². The van der Waals surface area contributed by atoms with E-state index in [0.717, 1.165) is 10.6 Å². The maximum absolute atomic E-state index is 15.1. The molecule has 1 aromatic rings. The van der Waals surface area contributed by atoms with Crippen LogP contribution in [0.25, 0.3) is 0 Å². The molecule has 0 amide bonds. The molecule has 8 nitrogen and oxygen atoms in total. The molecule has 180 valence electrons. The third-order valence-corrected chi connectivity index (χ3v) is 6.90. The molecule has 2 atom stereocenters. The Morgan fingerprint density at radius 3 is 2.62 bits per heavy atom. The van der Waals surface area contributed by atoms with E-state index in [-0.39, 0.29) is 17.2 Å². The number of carbonyl (C=O) groups is 2. The largest absolute Gasteiger partial charge is 0.494 e. The van der Waals surface area contributed by atoms with Gasteiger partial charge in [-0.3, -0.25) is 4.79 Å². The van der Waals surface area contributed by atoms with Crippen LogP contribution in [-0.4, -0.2) is 56.4 Å². The number of esters is 1. The summed E-state index contributed by atoms with van der Waals surface area (Å²) in [7, 11) is -3.01. The SMILES string of the molecule is COc1ccc(S(=O)(=O)N2CCC[C@H]2C(=O)OC(C)(C)C)c(O[C@H](C)CCCC=O)c1F. The van der Waals surface area contributed by atoms with Crippen LogP contribution < -0.4 is 9.47 Å². The van der Waals surface area contributed by atoms with E-state index in [1.54, 1.807) is 27.7 Å². The molecule has 1 heterocycles. The zero-order chi connectivity index (χ0) is 24.1. The lowest BCUT2D eigenvalue weighted by atomic mass is 10.2. The van der Waals surface area contributed by atoms with Gasteiger partial charge >= 0.3 is 5.97 Å². The fraction of sp³-hybridized carbons (Fsp3) is 0.636. The Balaban J connectivity index is 2.42. The minimum Gasteiger partial charge on any atom is -0.494 e. The van der Waals surface area contributed by atoms with Gasteiger partial charge in [-0.2, -0.15) is 8.70 Å². The maximum Gasteiger partial charge on any atom is 0.324 e. The number of ether oxygens (including phenoxy) is 3.